The highest BCUT2D eigenvalue weighted by Crippen LogP contribution is 2.72. The van der Waals surface area contributed by atoms with Gasteiger partial charge in [-0.05, 0) is 49.7 Å². The van der Waals surface area contributed by atoms with Gasteiger partial charge >= 0.3 is 0 Å². The Labute approximate surface area is 192 Å². The second-order valence-electron chi connectivity index (χ2n) is 11.2. The van der Waals surface area contributed by atoms with E-state index in [1.807, 2.05) is 6.92 Å². The van der Waals surface area contributed by atoms with Gasteiger partial charge in [0.25, 0.3) is 0 Å². The van der Waals surface area contributed by atoms with Crippen LogP contribution in [-0.2, 0) is 19.1 Å². The van der Waals surface area contributed by atoms with Crippen molar-refractivity contribution in [3.05, 3.63) is 11.6 Å². The first-order valence-corrected chi connectivity index (χ1v) is 12.2. The molecule has 0 aromatic carbocycles. The lowest BCUT2D eigenvalue weighted by Gasteiger charge is -2.64. The molecule has 0 aromatic heterocycles. The van der Waals surface area contributed by atoms with Crippen LogP contribution in [0.4, 0.5) is 8.78 Å². The number of hydrogen-bond donors (Lipinski definition) is 2. The third-order valence-electron chi connectivity index (χ3n) is 9.90. The molecule has 1 heterocycles. The lowest BCUT2D eigenvalue weighted by Crippen LogP contribution is -2.71. The van der Waals surface area contributed by atoms with Crippen LogP contribution in [0.25, 0.3) is 0 Å². The number of hydrogen-bond acceptors (Lipinski definition) is 6. The Bertz CT molecular complexity index is 907. The van der Waals surface area contributed by atoms with Crippen LogP contribution in [0, 0.1) is 22.7 Å². The number of allylic oxidation sites excluding steroid dienone is 1. The summed E-state index contributed by atoms with van der Waals surface area (Å²) in [5.74, 6) is -2.10. The fourth-order valence-corrected chi connectivity index (χ4v) is 8.36. The third kappa shape index (κ3) is 2.67. The van der Waals surface area contributed by atoms with Gasteiger partial charge in [-0.1, -0.05) is 27.2 Å². The fraction of sp³-hybridized carbons (Fsp3) is 0.840. The SMILES string of the molecule is CCCC1OC2CC3C4CC(F)C5=CC(=O)CC[C@]5(C)[C@@]4(F)C(O)C[C@]3(C)[C@]2(C(=O)CO)O1. The first-order valence-electron chi connectivity index (χ1n) is 12.2. The van der Waals surface area contributed by atoms with Crippen molar-refractivity contribution < 1.29 is 38.1 Å². The first-order chi connectivity index (χ1) is 15.5. The standard InChI is InChI=1S/C25H34F2O6/c1-4-5-21-32-20-10-14-15-9-17(26)16-8-13(29)6-7-22(16,2)24(15,27)18(30)11-23(14,3)25(20,33-21)19(31)12-28/h8,14-15,17-18,20-21,28,30H,4-7,9-12H2,1-3H3/t14?,15?,17?,18?,20?,21?,22-,23-,24-,25+/m0/s1. The Hall–Kier alpha value is -1.22. The van der Waals surface area contributed by atoms with Crippen LogP contribution < -0.4 is 0 Å². The molecule has 4 fully saturated rings. The smallest absolute Gasteiger partial charge is 0.193 e. The fourth-order valence-electron chi connectivity index (χ4n) is 8.36. The van der Waals surface area contributed by atoms with E-state index < -0.39 is 71.0 Å². The Morgan fingerprint density at radius 2 is 2.00 bits per heavy atom. The molecule has 0 bridgehead atoms. The molecule has 8 heteroatoms. The normalized spacial score (nSPS) is 53.1. The maximum atomic E-state index is 17.2. The maximum absolute atomic E-state index is 17.2. The number of rotatable bonds is 4. The molecule has 0 radical (unpaired) electrons. The molecular weight excluding hydrogens is 434 g/mol. The van der Waals surface area contributed by atoms with Gasteiger partial charge in [0.2, 0.25) is 0 Å². The van der Waals surface area contributed by atoms with Crippen molar-refractivity contribution in [2.45, 2.75) is 102 Å². The van der Waals surface area contributed by atoms with E-state index in [9.17, 15) is 19.8 Å². The van der Waals surface area contributed by atoms with Crippen molar-refractivity contribution >= 4 is 11.6 Å². The van der Waals surface area contributed by atoms with Crippen molar-refractivity contribution in [3.63, 3.8) is 0 Å². The molecule has 0 aromatic rings. The summed E-state index contributed by atoms with van der Waals surface area (Å²) in [6.45, 7) is 4.65. The van der Waals surface area contributed by atoms with E-state index in [4.69, 9.17) is 9.47 Å². The highest BCUT2D eigenvalue weighted by atomic mass is 19.1. The molecule has 10 atom stereocenters. The summed E-state index contributed by atoms with van der Waals surface area (Å²) in [7, 11) is 0. The quantitative estimate of drug-likeness (QED) is 0.659. The molecular formula is C25H34F2O6. The predicted octanol–water partition coefficient (Wildman–Crippen LogP) is 2.98. The third-order valence-corrected chi connectivity index (χ3v) is 9.90. The van der Waals surface area contributed by atoms with Crippen LogP contribution in [0.5, 0.6) is 0 Å². The minimum Gasteiger partial charge on any atom is -0.390 e. The number of ether oxygens (including phenoxy) is 2. The topological polar surface area (TPSA) is 93.1 Å². The van der Waals surface area contributed by atoms with Crippen molar-refractivity contribution in [2.75, 3.05) is 6.61 Å². The van der Waals surface area contributed by atoms with Crippen LogP contribution in [0.15, 0.2) is 11.6 Å². The molecule has 1 aliphatic heterocycles. The number of aliphatic hydroxyl groups excluding tert-OH is 2. The molecule has 6 nitrogen and oxygen atoms in total. The molecule has 4 aliphatic carbocycles. The molecule has 5 rings (SSSR count). The number of ketones is 2. The van der Waals surface area contributed by atoms with Crippen molar-refractivity contribution in [1.29, 1.82) is 0 Å². The van der Waals surface area contributed by atoms with Gasteiger partial charge in [0.15, 0.2) is 23.5 Å². The van der Waals surface area contributed by atoms with E-state index in [0.717, 1.165) is 6.42 Å². The number of alkyl halides is 2. The average Bonchev–Trinajstić information content (AvgIpc) is 3.24. The van der Waals surface area contributed by atoms with E-state index in [1.165, 1.54) is 6.08 Å². The number of fused-ring (bicyclic) bond motifs is 7. The second-order valence-corrected chi connectivity index (χ2v) is 11.2. The zero-order chi connectivity index (χ0) is 24.0. The van der Waals surface area contributed by atoms with Crippen molar-refractivity contribution in [1.82, 2.24) is 0 Å². The number of carbonyl (C=O) groups is 2. The Morgan fingerprint density at radius 3 is 2.67 bits per heavy atom. The Kier molecular flexibility index (Phi) is 5.27. The van der Waals surface area contributed by atoms with Crippen LogP contribution >= 0.6 is 0 Å². The molecule has 0 spiro atoms. The van der Waals surface area contributed by atoms with E-state index in [1.54, 1.807) is 13.8 Å². The molecule has 0 amide bonds. The lowest BCUT2D eigenvalue weighted by molar-refractivity contribution is -0.242. The molecule has 5 aliphatic rings. The van der Waals surface area contributed by atoms with Gasteiger partial charge in [-0.2, -0.15) is 0 Å². The zero-order valence-corrected chi connectivity index (χ0v) is 19.5. The van der Waals surface area contributed by atoms with Gasteiger partial charge in [0, 0.05) is 23.2 Å². The summed E-state index contributed by atoms with van der Waals surface area (Å²) in [6.07, 6.45) is -1.37. The molecule has 3 saturated carbocycles. The summed E-state index contributed by atoms with van der Waals surface area (Å²) in [5.41, 5.74) is -5.82. The van der Waals surface area contributed by atoms with Crippen LogP contribution in [0.3, 0.4) is 0 Å². The highest BCUT2D eigenvalue weighted by molar-refractivity contribution is 5.92. The van der Waals surface area contributed by atoms with Gasteiger partial charge in [-0.15, -0.1) is 0 Å². The van der Waals surface area contributed by atoms with Gasteiger partial charge in [-0.25, -0.2) is 8.78 Å². The second kappa shape index (κ2) is 7.39. The maximum Gasteiger partial charge on any atom is 0.193 e. The predicted molar refractivity (Wildman–Crippen MR) is 114 cm³/mol. The number of aliphatic hydroxyl groups is 2. The molecule has 2 N–H and O–H groups in total. The minimum atomic E-state index is -2.14. The number of Topliss-reactive ketones (excluding diaryl/α,β-unsaturated/α-hetero) is 1. The monoisotopic (exact) mass is 468 g/mol. The Balaban J connectivity index is 1.61. The number of halogens is 2. The van der Waals surface area contributed by atoms with Crippen molar-refractivity contribution in [3.8, 4) is 0 Å². The average molecular weight is 469 g/mol. The Morgan fingerprint density at radius 1 is 1.27 bits per heavy atom. The number of carbonyl (C=O) groups excluding carboxylic acids is 2. The molecule has 1 saturated heterocycles. The summed E-state index contributed by atoms with van der Waals surface area (Å²) in [5, 5.41) is 21.3. The van der Waals surface area contributed by atoms with Gasteiger partial charge in [-0.3, -0.25) is 9.59 Å². The minimum absolute atomic E-state index is 0.0666. The highest BCUT2D eigenvalue weighted by Gasteiger charge is 2.80. The van der Waals surface area contributed by atoms with E-state index >= 15 is 8.78 Å². The molecule has 184 valence electrons. The summed E-state index contributed by atoms with van der Waals surface area (Å²) in [6, 6.07) is 0. The van der Waals surface area contributed by atoms with E-state index in [0.29, 0.717) is 12.8 Å². The molecule has 33 heavy (non-hydrogen) atoms. The van der Waals surface area contributed by atoms with Crippen molar-refractivity contribution in [2.24, 2.45) is 22.7 Å². The summed E-state index contributed by atoms with van der Waals surface area (Å²) < 4.78 is 45.1. The summed E-state index contributed by atoms with van der Waals surface area (Å²) in [4.78, 5) is 25.2. The summed E-state index contributed by atoms with van der Waals surface area (Å²) >= 11 is 0. The van der Waals surface area contributed by atoms with E-state index in [-0.39, 0.29) is 37.0 Å². The van der Waals surface area contributed by atoms with Crippen LogP contribution in [0.1, 0.15) is 65.7 Å². The van der Waals surface area contributed by atoms with Gasteiger partial charge in [0.1, 0.15) is 18.4 Å². The van der Waals surface area contributed by atoms with Gasteiger partial charge in [0.05, 0.1) is 12.2 Å². The van der Waals surface area contributed by atoms with E-state index in [2.05, 4.69) is 0 Å². The first kappa shape index (κ1) is 23.5. The van der Waals surface area contributed by atoms with Crippen LogP contribution in [0.2, 0.25) is 0 Å². The van der Waals surface area contributed by atoms with Crippen LogP contribution in [-0.4, -0.2) is 64.3 Å². The lowest BCUT2D eigenvalue weighted by atomic mass is 9.43. The molecule has 6 unspecified atom stereocenters. The largest absolute Gasteiger partial charge is 0.390 e. The van der Waals surface area contributed by atoms with Gasteiger partial charge < -0.3 is 19.7 Å². The zero-order valence-electron chi connectivity index (χ0n) is 19.5.